The molecular formula is C29H36N2O3S. The standard InChI is InChI=1S/C29H36N2O3S/c1-2-20-30(22-25-10-11-25)21-6-7-24-12-16-27(17-13-24)31(23-26-14-18-28(32)19-15-26)35(33,34)29-8-4-3-5-9-29/h3-5,8-9,12-19,25,32H,2,6-7,10-11,20-23H2,1H3. The lowest BCUT2D eigenvalue weighted by Gasteiger charge is -2.25. The van der Waals surface area contributed by atoms with Crippen LogP contribution < -0.4 is 4.31 Å². The van der Waals surface area contributed by atoms with Gasteiger partial charge in [-0.15, -0.1) is 0 Å². The minimum absolute atomic E-state index is 0.158. The van der Waals surface area contributed by atoms with Gasteiger partial charge in [-0.1, -0.05) is 49.4 Å². The number of nitrogens with zero attached hydrogens (tertiary/aromatic N) is 2. The number of phenols is 1. The van der Waals surface area contributed by atoms with Crippen molar-refractivity contribution in [2.75, 3.05) is 23.9 Å². The van der Waals surface area contributed by atoms with E-state index in [2.05, 4.69) is 11.8 Å². The number of aryl methyl sites for hydroxylation is 1. The summed E-state index contributed by atoms with van der Waals surface area (Å²) in [6.45, 7) is 5.94. The molecule has 1 aliphatic carbocycles. The molecule has 0 amide bonds. The van der Waals surface area contributed by atoms with Gasteiger partial charge in [0.15, 0.2) is 0 Å². The number of benzene rings is 3. The fourth-order valence-electron chi connectivity index (χ4n) is 4.41. The van der Waals surface area contributed by atoms with E-state index < -0.39 is 10.0 Å². The minimum atomic E-state index is -3.75. The molecule has 186 valence electrons. The van der Waals surface area contributed by atoms with Crippen molar-refractivity contribution < 1.29 is 13.5 Å². The Balaban J connectivity index is 1.48. The third-order valence-electron chi connectivity index (χ3n) is 6.51. The molecule has 3 aromatic carbocycles. The largest absolute Gasteiger partial charge is 0.508 e. The Morgan fingerprint density at radius 1 is 0.857 bits per heavy atom. The van der Waals surface area contributed by atoms with E-state index in [0.29, 0.717) is 5.69 Å². The Morgan fingerprint density at radius 2 is 1.51 bits per heavy atom. The third-order valence-corrected chi connectivity index (χ3v) is 8.30. The summed E-state index contributed by atoms with van der Waals surface area (Å²) in [4.78, 5) is 2.85. The third kappa shape index (κ3) is 7.09. The molecule has 0 aromatic heterocycles. The van der Waals surface area contributed by atoms with Gasteiger partial charge in [0.1, 0.15) is 5.75 Å². The topological polar surface area (TPSA) is 60.9 Å². The predicted octanol–water partition coefficient (Wildman–Crippen LogP) is 5.84. The van der Waals surface area contributed by atoms with E-state index in [1.165, 1.54) is 42.2 Å². The van der Waals surface area contributed by atoms with Gasteiger partial charge >= 0.3 is 0 Å². The maximum Gasteiger partial charge on any atom is 0.264 e. The zero-order valence-electron chi connectivity index (χ0n) is 20.5. The highest BCUT2D eigenvalue weighted by Gasteiger charge is 2.25. The second-order valence-corrected chi connectivity index (χ2v) is 11.4. The van der Waals surface area contributed by atoms with Crippen LogP contribution in [0, 0.1) is 5.92 Å². The van der Waals surface area contributed by atoms with Gasteiger partial charge in [-0.05, 0) is 98.6 Å². The van der Waals surface area contributed by atoms with E-state index in [9.17, 15) is 13.5 Å². The van der Waals surface area contributed by atoms with Crippen LogP contribution in [0.1, 0.15) is 43.7 Å². The van der Waals surface area contributed by atoms with Crippen molar-refractivity contribution >= 4 is 15.7 Å². The van der Waals surface area contributed by atoms with Crippen LogP contribution in [0.4, 0.5) is 5.69 Å². The van der Waals surface area contributed by atoms with Crippen molar-refractivity contribution in [2.24, 2.45) is 5.92 Å². The Labute approximate surface area is 210 Å². The van der Waals surface area contributed by atoms with E-state index in [1.54, 1.807) is 48.5 Å². The first-order valence-electron chi connectivity index (χ1n) is 12.6. The molecule has 0 unspecified atom stereocenters. The molecule has 1 saturated carbocycles. The molecule has 35 heavy (non-hydrogen) atoms. The molecule has 1 N–H and O–H groups in total. The Hall–Kier alpha value is -2.83. The quantitative estimate of drug-likeness (QED) is 0.326. The van der Waals surface area contributed by atoms with Gasteiger partial charge in [-0.25, -0.2) is 8.42 Å². The second kappa shape index (κ2) is 11.7. The summed E-state index contributed by atoms with van der Waals surface area (Å²) in [6.07, 6.45) is 6.04. The van der Waals surface area contributed by atoms with Crippen molar-refractivity contribution in [3.8, 4) is 5.75 Å². The molecule has 0 atom stereocenters. The number of anilines is 1. The van der Waals surface area contributed by atoms with Crippen molar-refractivity contribution in [3.05, 3.63) is 90.0 Å². The van der Waals surface area contributed by atoms with Gasteiger partial charge in [0.2, 0.25) is 0 Å². The smallest absolute Gasteiger partial charge is 0.264 e. The van der Waals surface area contributed by atoms with Crippen molar-refractivity contribution in [2.45, 2.75) is 50.5 Å². The molecule has 0 spiro atoms. The number of sulfonamides is 1. The van der Waals surface area contributed by atoms with Crippen molar-refractivity contribution in [3.63, 3.8) is 0 Å². The van der Waals surface area contributed by atoms with Crippen LogP contribution in [0.3, 0.4) is 0 Å². The highest BCUT2D eigenvalue weighted by atomic mass is 32.2. The number of rotatable bonds is 13. The zero-order chi connectivity index (χ0) is 24.7. The molecular weight excluding hydrogens is 456 g/mol. The summed E-state index contributed by atoms with van der Waals surface area (Å²) >= 11 is 0. The lowest BCUT2D eigenvalue weighted by Crippen LogP contribution is -2.30. The molecule has 6 heteroatoms. The van der Waals surface area contributed by atoms with Gasteiger partial charge in [0.25, 0.3) is 10.0 Å². The van der Waals surface area contributed by atoms with Crippen LogP contribution in [0.15, 0.2) is 83.8 Å². The van der Waals surface area contributed by atoms with Crippen LogP contribution in [-0.2, 0) is 23.0 Å². The van der Waals surface area contributed by atoms with Crippen LogP contribution in [-0.4, -0.2) is 38.1 Å². The fourth-order valence-corrected chi connectivity index (χ4v) is 5.89. The summed E-state index contributed by atoms with van der Waals surface area (Å²) in [5.41, 5.74) is 2.66. The molecule has 0 saturated heterocycles. The molecule has 5 nitrogen and oxygen atoms in total. The summed E-state index contributed by atoms with van der Waals surface area (Å²) in [6, 6.07) is 23.1. The van der Waals surface area contributed by atoms with Gasteiger partial charge in [-0.2, -0.15) is 0 Å². The maximum atomic E-state index is 13.6. The number of aromatic hydroxyl groups is 1. The van der Waals surface area contributed by atoms with E-state index in [0.717, 1.165) is 30.9 Å². The zero-order valence-corrected chi connectivity index (χ0v) is 21.3. The number of hydrogen-bond acceptors (Lipinski definition) is 4. The van der Waals surface area contributed by atoms with Crippen LogP contribution in [0.5, 0.6) is 5.75 Å². The number of phenolic OH excluding ortho intramolecular Hbond substituents is 1. The average Bonchev–Trinajstić information content (AvgIpc) is 3.69. The Kier molecular flexibility index (Phi) is 8.47. The van der Waals surface area contributed by atoms with E-state index in [4.69, 9.17) is 0 Å². The lowest BCUT2D eigenvalue weighted by atomic mass is 10.1. The van der Waals surface area contributed by atoms with Gasteiger partial charge in [0.05, 0.1) is 17.1 Å². The molecule has 1 fully saturated rings. The lowest BCUT2D eigenvalue weighted by molar-refractivity contribution is 0.260. The van der Waals surface area contributed by atoms with Crippen molar-refractivity contribution in [1.82, 2.24) is 4.90 Å². The van der Waals surface area contributed by atoms with Crippen LogP contribution in [0.25, 0.3) is 0 Å². The average molecular weight is 493 g/mol. The molecule has 0 aliphatic heterocycles. The summed E-state index contributed by atoms with van der Waals surface area (Å²) < 4.78 is 28.6. The monoisotopic (exact) mass is 492 g/mol. The maximum absolute atomic E-state index is 13.6. The fraction of sp³-hybridized carbons (Fsp3) is 0.379. The SMILES string of the molecule is CCCN(CCCc1ccc(N(Cc2ccc(O)cc2)S(=O)(=O)c2ccccc2)cc1)CC1CC1. The minimum Gasteiger partial charge on any atom is -0.508 e. The molecule has 0 bridgehead atoms. The summed E-state index contributed by atoms with van der Waals surface area (Å²) in [5.74, 6) is 1.07. The number of hydrogen-bond donors (Lipinski definition) is 1. The highest BCUT2D eigenvalue weighted by Crippen LogP contribution is 2.30. The Bertz CT molecular complexity index is 1160. The molecule has 0 heterocycles. The molecule has 4 rings (SSSR count). The molecule has 0 radical (unpaired) electrons. The van der Waals surface area contributed by atoms with E-state index in [-0.39, 0.29) is 17.2 Å². The first-order chi connectivity index (χ1) is 17.0. The first kappa shape index (κ1) is 25.3. The highest BCUT2D eigenvalue weighted by molar-refractivity contribution is 7.92. The van der Waals surface area contributed by atoms with Gasteiger partial charge in [0, 0.05) is 6.54 Å². The van der Waals surface area contributed by atoms with Crippen LogP contribution >= 0.6 is 0 Å². The molecule has 3 aromatic rings. The van der Waals surface area contributed by atoms with Gasteiger partial charge < -0.3 is 10.0 Å². The molecule has 1 aliphatic rings. The predicted molar refractivity (Wildman–Crippen MR) is 142 cm³/mol. The van der Waals surface area contributed by atoms with E-state index in [1.807, 2.05) is 30.3 Å². The summed E-state index contributed by atoms with van der Waals surface area (Å²) in [7, 11) is -3.75. The van der Waals surface area contributed by atoms with E-state index >= 15 is 0 Å². The first-order valence-corrected chi connectivity index (χ1v) is 14.1. The summed E-state index contributed by atoms with van der Waals surface area (Å²) in [5, 5.41) is 9.62. The van der Waals surface area contributed by atoms with Crippen LogP contribution in [0.2, 0.25) is 0 Å². The second-order valence-electron chi connectivity index (χ2n) is 9.51. The van der Waals surface area contributed by atoms with Crippen molar-refractivity contribution in [1.29, 1.82) is 0 Å². The normalized spacial score (nSPS) is 13.8. The van der Waals surface area contributed by atoms with Gasteiger partial charge in [-0.3, -0.25) is 4.31 Å². The Morgan fingerprint density at radius 3 is 2.14 bits per heavy atom.